The normalized spacial score (nSPS) is 10.7. The van der Waals surface area contributed by atoms with E-state index in [9.17, 15) is 9.59 Å². The van der Waals surface area contributed by atoms with E-state index < -0.39 is 17.5 Å². The number of nitrogens with one attached hydrogen (secondary N) is 2. The Hall–Kier alpha value is -1.23. The zero-order valence-corrected chi connectivity index (χ0v) is 10.2. The molecule has 0 spiro atoms. The van der Waals surface area contributed by atoms with E-state index >= 15 is 0 Å². The van der Waals surface area contributed by atoms with Crippen molar-refractivity contribution >= 4 is 23.6 Å². The zero-order valence-electron chi connectivity index (χ0n) is 9.47. The third-order valence-corrected chi connectivity index (χ3v) is 2.54. The summed E-state index contributed by atoms with van der Waals surface area (Å²) in [5.74, 6) is -1.04. The number of aliphatic carboxylic acids is 1. The molecular weight excluding hydrogens is 232 g/mol. The van der Waals surface area contributed by atoms with Crippen LogP contribution in [0.25, 0.3) is 0 Å². The minimum absolute atomic E-state index is 0.108. The molecule has 0 bridgehead atoms. The number of carbonyl (C=O) groups is 2. The fourth-order valence-electron chi connectivity index (χ4n) is 1.22. The molecule has 0 fully saturated rings. The Labute approximate surface area is 99.9 Å². The summed E-state index contributed by atoms with van der Waals surface area (Å²) in [6, 6.07) is -0.562. The number of hydrogen-bond acceptors (Lipinski definition) is 2. The van der Waals surface area contributed by atoms with E-state index in [-0.39, 0.29) is 11.6 Å². The summed E-state index contributed by atoms with van der Waals surface area (Å²) in [5.41, 5.74) is -1.22. The standard InChI is InChI=1S/C10H17ClN2O3/c1-4-10(5-2,8(14)15)13-9(16)12-6-7(3)11/h3-6H2,1-2H3,(H,14,15)(H2,12,13,16). The van der Waals surface area contributed by atoms with Crippen LogP contribution in [-0.4, -0.2) is 29.2 Å². The maximum Gasteiger partial charge on any atom is 0.329 e. The Morgan fingerprint density at radius 2 is 1.88 bits per heavy atom. The second-order valence-corrected chi connectivity index (χ2v) is 3.95. The van der Waals surface area contributed by atoms with Gasteiger partial charge >= 0.3 is 12.0 Å². The second kappa shape index (κ2) is 6.37. The first-order chi connectivity index (χ1) is 7.38. The highest BCUT2D eigenvalue weighted by atomic mass is 35.5. The predicted octanol–water partition coefficient (Wildman–Crippen LogP) is 1.68. The van der Waals surface area contributed by atoms with Crippen molar-refractivity contribution in [2.24, 2.45) is 0 Å². The largest absolute Gasteiger partial charge is 0.480 e. The Kier molecular flexibility index (Phi) is 5.88. The Morgan fingerprint density at radius 3 is 2.19 bits per heavy atom. The molecule has 0 saturated heterocycles. The molecule has 6 heteroatoms. The van der Waals surface area contributed by atoms with Gasteiger partial charge in [-0.1, -0.05) is 32.0 Å². The van der Waals surface area contributed by atoms with Gasteiger partial charge in [-0.05, 0) is 12.8 Å². The highest BCUT2D eigenvalue weighted by Crippen LogP contribution is 2.15. The van der Waals surface area contributed by atoms with Gasteiger partial charge in [0.1, 0.15) is 5.54 Å². The average molecular weight is 249 g/mol. The molecule has 0 aromatic rings. The minimum Gasteiger partial charge on any atom is -0.480 e. The number of urea groups is 1. The molecule has 0 aromatic carbocycles. The van der Waals surface area contributed by atoms with Gasteiger partial charge < -0.3 is 15.7 Å². The van der Waals surface area contributed by atoms with Crippen molar-refractivity contribution in [3.05, 3.63) is 11.6 Å². The van der Waals surface area contributed by atoms with Crippen LogP contribution in [0.4, 0.5) is 4.79 Å². The summed E-state index contributed by atoms with van der Waals surface area (Å²) in [6.07, 6.45) is 0.627. The van der Waals surface area contributed by atoms with E-state index in [1.165, 1.54) is 0 Å². The van der Waals surface area contributed by atoms with Gasteiger partial charge in [-0.3, -0.25) is 0 Å². The van der Waals surface area contributed by atoms with Crippen LogP contribution in [0.2, 0.25) is 0 Å². The van der Waals surface area contributed by atoms with Crippen molar-refractivity contribution in [1.82, 2.24) is 10.6 Å². The van der Waals surface area contributed by atoms with Crippen molar-refractivity contribution in [3.63, 3.8) is 0 Å². The molecule has 0 radical (unpaired) electrons. The van der Waals surface area contributed by atoms with E-state index in [0.29, 0.717) is 12.8 Å². The number of carbonyl (C=O) groups excluding carboxylic acids is 1. The predicted molar refractivity (Wildman–Crippen MR) is 62.5 cm³/mol. The molecule has 92 valence electrons. The fourth-order valence-corrected chi connectivity index (χ4v) is 1.29. The first-order valence-corrected chi connectivity index (χ1v) is 5.38. The highest BCUT2D eigenvalue weighted by molar-refractivity contribution is 6.29. The van der Waals surface area contributed by atoms with Crippen molar-refractivity contribution < 1.29 is 14.7 Å². The third-order valence-electron chi connectivity index (χ3n) is 2.41. The van der Waals surface area contributed by atoms with Crippen molar-refractivity contribution in [3.8, 4) is 0 Å². The summed E-state index contributed by atoms with van der Waals surface area (Å²) in [5, 5.41) is 14.2. The molecule has 0 aliphatic rings. The molecule has 0 aliphatic heterocycles. The SMILES string of the molecule is C=C(Cl)CNC(=O)NC(CC)(CC)C(=O)O. The molecule has 5 nitrogen and oxygen atoms in total. The molecule has 0 saturated carbocycles. The van der Waals surface area contributed by atoms with Crippen LogP contribution in [0.5, 0.6) is 0 Å². The van der Waals surface area contributed by atoms with Crippen LogP contribution in [0.3, 0.4) is 0 Å². The van der Waals surface area contributed by atoms with Gasteiger partial charge in [0, 0.05) is 5.03 Å². The average Bonchev–Trinajstić information content (AvgIpc) is 2.22. The second-order valence-electron chi connectivity index (χ2n) is 3.42. The summed E-state index contributed by atoms with van der Waals surface area (Å²) in [7, 11) is 0. The molecule has 3 N–H and O–H groups in total. The van der Waals surface area contributed by atoms with Gasteiger partial charge in [0.2, 0.25) is 0 Å². The quantitative estimate of drug-likeness (QED) is 0.669. The fraction of sp³-hybridized carbons (Fsp3) is 0.600. The molecule has 0 rings (SSSR count). The van der Waals surface area contributed by atoms with Crippen LogP contribution in [0.15, 0.2) is 11.6 Å². The van der Waals surface area contributed by atoms with Gasteiger partial charge in [-0.2, -0.15) is 0 Å². The van der Waals surface area contributed by atoms with Crippen molar-refractivity contribution in [1.29, 1.82) is 0 Å². The van der Waals surface area contributed by atoms with E-state index in [1.54, 1.807) is 13.8 Å². The highest BCUT2D eigenvalue weighted by Gasteiger charge is 2.36. The number of carboxylic acids is 1. The summed E-state index contributed by atoms with van der Waals surface area (Å²) >= 11 is 5.47. The number of rotatable bonds is 6. The molecule has 0 heterocycles. The molecule has 0 atom stereocenters. The van der Waals surface area contributed by atoms with Crippen LogP contribution < -0.4 is 10.6 Å². The van der Waals surface area contributed by atoms with E-state index in [2.05, 4.69) is 17.2 Å². The summed E-state index contributed by atoms with van der Waals surface area (Å²) < 4.78 is 0. The van der Waals surface area contributed by atoms with Gasteiger partial charge in [0.15, 0.2) is 0 Å². The topological polar surface area (TPSA) is 78.4 Å². The Bertz CT molecular complexity index is 288. The van der Waals surface area contributed by atoms with Gasteiger partial charge in [0.05, 0.1) is 6.54 Å². The van der Waals surface area contributed by atoms with Gasteiger partial charge in [-0.25, -0.2) is 9.59 Å². The smallest absolute Gasteiger partial charge is 0.329 e. The maximum absolute atomic E-state index is 11.4. The lowest BCUT2D eigenvalue weighted by molar-refractivity contribution is -0.144. The molecule has 16 heavy (non-hydrogen) atoms. The lowest BCUT2D eigenvalue weighted by atomic mass is 9.93. The van der Waals surface area contributed by atoms with Crippen LogP contribution in [0, 0.1) is 0 Å². The molecular formula is C10H17ClN2O3. The van der Waals surface area contributed by atoms with E-state index in [0.717, 1.165) is 0 Å². The summed E-state index contributed by atoms with van der Waals surface area (Å²) in [4.78, 5) is 22.5. The third kappa shape index (κ3) is 4.10. The lowest BCUT2D eigenvalue weighted by Gasteiger charge is -2.27. The van der Waals surface area contributed by atoms with Gasteiger partial charge in [-0.15, -0.1) is 0 Å². The van der Waals surface area contributed by atoms with E-state index in [4.69, 9.17) is 16.7 Å². The first-order valence-electron chi connectivity index (χ1n) is 5.00. The molecule has 0 unspecified atom stereocenters. The number of hydrogen-bond donors (Lipinski definition) is 3. The van der Waals surface area contributed by atoms with Crippen molar-refractivity contribution in [2.75, 3.05) is 6.54 Å². The van der Waals surface area contributed by atoms with Crippen LogP contribution in [0.1, 0.15) is 26.7 Å². The lowest BCUT2D eigenvalue weighted by Crippen LogP contribution is -2.56. The maximum atomic E-state index is 11.4. The van der Waals surface area contributed by atoms with Crippen LogP contribution >= 0.6 is 11.6 Å². The van der Waals surface area contributed by atoms with Gasteiger partial charge in [0.25, 0.3) is 0 Å². The first kappa shape index (κ1) is 14.8. The molecule has 0 aliphatic carbocycles. The Balaban J connectivity index is 4.46. The molecule has 2 amide bonds. The summed E-state index contributed by atoms with van der Waals surface area (Å²) in [6.45, 7) is 6.93. The molecule has 0 aromatic heterocycles. The zero-order chi connectivity index (χ0) is 12.8. The van der Waals surface area contributed by atoms with Crippen LogP contribution in [-0.2, 0) is 4.79 Å². The Morgan fingerprint density at radius 1 is 1.38 bits per heavy atom. The number of amides is 2. The van der Waals surface area contributed by atoms with Crippen molar-refractivity contribution in [2.45, 2.75) is 32.2 Å². The number of carboxylic acid groups (broad SMARTS) is 1. The van der Waals surface area contributed by atoms with E-state index in [1.807, 2.05) is 0 Å². The number of halogens is 1. The minimum atomic E-state index is -1.22. The monoisotopic (exact) mass is 248 g/mol.